The van der Waals surface area contributed by atoms with Gasteiger partial charge in [-0.1, -0.05) is 37.3 Å². The monoisotopic (exact) mass is 315 g/mol. The van der Waals surface area contributed by atoms with Gasteiger partial charge >= 0.3 is 0 Å². The highest BCUT2D eigenvalue weighted by molar-refractivity contribution is 7.91. The summed E-state index contributed by atoms with van der Waals surface area (Å²) >= 11 is 0. The van der Waals surface area contributed by atoms with Crippen molar-refractivity contribution in [3.8, 4) is 5.75 Å². The third-order valence-electron chi connectivity index (χ3n) is 3.40. The maximum Gasteiger partial charge on any atom is 0.225 e. The van der Waals surface area contributed by atoms with Crippen LogP contribution in [0.5, 0.6) is 5.75 Å². The van der Waals surface area contributed by atoms with Crippen LogP contribution < -0.4 is 4.74 Å². The third kappa shape index (κ3) is 2.48. The molecule has 0 aliphatic heterocycles. The minimum Gasteiger partial charge on any atom is -0.490 e. The van der Waals surface area contributed by atoms with Gasteiger partial charge in [-0.2, -0.15) is 0 Å². The molecule has 3 aromatic rings. The zero-order valence-corrected chi connectivity index (χ0v) is 13.1. The lowest BCUT2D eigenvalue weighted by Crippen LogP contribution is -2.05. The van der Waals surface area contributed by atoms with E-state index in [1.54, 1.807) is 30.3 Å². The SMILES string of the molecule is CCCOc1c(S(=O)(=O)c2ccccc2)[nH]c2ccccc12. The molecule has 0 saturated heterocycles. The fourth-order valence-electron chi connectivity index (χ4n) is 2.35. The van der Waals surface area contributed by atoms with Crippen molar-refractivity contribution in [1.29, 1.82) is 0 Å². The Kier molecular flexibility index (Phi) is 3.90. The van der Waals surface area contributed by atoms with Crippen molar-refractivity contribution in [2.45, 2.75) is 23.3 Å². The molecule has 4 nitrogen and oxygen atoms in total. The van der Waals surface area contributed by atoms with Gasteiger partial charge in [0.25, 0.3) is 0 Å². The summed E-state index contributed by atoms with van der Waals surface area (Å²) in [7, 11) is -3.64. The van der Waals surface area contributed by atoms with Gasteiger partial charge < -0.3 is 9.72 Å². The molecule has 0 radical (unpaired) electrons. The van der Waals surface area contributed by atoms with Crippen LogP contribution in [0.15, 0.2) is 64.5 Å². The number of benzene rings is 2. The van der Waals surface area contributed by atoms with E-state index >= 15 is 0 Å². The number of aromatic nitrogens is 1. The zero-order valence-electron chi connectivity index (χ0n) is 12.2. The second kappa shape index (κ2) is 5.85. The fourth-order valence-corrected chi connectivity index (χ4v) is 3.75. The Morgan fingerprint density at radius 1 is 1.00 bits per heavy atom. The molecule has 0 aliphatic carbocycles. The number of sulfone groups is 1. The number of aromatic amines is 1. The summed E-state index contributed by atoms with van der Waals surface area (Å²) in [6.45, 7) is 2.46. The molecule has 1 aromatic heterocycles. The molecule has 0 unspecified atom stereocenters. The summed E-state index contributed by atoms with van der Waals surface area (Å²) in [5, 5.41) is 0.902. The molecule has 3 rings (SSSR count). The van der Waals surface area contributed by atoms with Gasteiger partial charge in [-0.05, 0) is 30.7 Å². The van der Waals surface area contributed by atoms with Gasteiger partial charge in [-0.25, -0.2) is 8.42 Å². The first kappa shape index (κ1) is 14.7. The van der Waals surface area contributed by atoms with Crippen LogP contribution in [0.3, 0.4) is 0 Å². The Labute approximate surface area is 129 Å². The van der Waals surface area contributed by atoms with Crippen LogP contribution >= 0.6 is 0 Å². The first-order valence-electron chi connectivity index (χ1n) is 7.18. The first-order valence-corrected chi connectivity index (χ1v) is 8.66. The molecule has 0 fully saturated rings. The Morgan fingerprint density at radius 3 is 2.41 bits per heavy atom. The Bertz CT molecular complexity index is 883. The molecule has 114 valence electrons. The standard InChI is InChI=1S/C17H17NO3S/c1-2-12-21-16-14-10-6-7-11-15(14)18-17(16)22(19,20)13-8-4-3-5-9-13/h3-11,18H,2,12H2,1H3. The molecule has 5 heteroatoms. The van der Waals surface area contributed by atoms with Crippen LogP contribution in [0.1, 0.15) is 13.3 Å². The highest BCUT2D eigenvalue weighted by atomic mass is 32.2. The molecule has 0 aliphatic rings. The fraction of sp³-hybridized carbons (Fsp3) is 0.176. The molecule has 22 heavy (non-hydrogen) atoms. The van der Waals surface area contributed by atoms with Crippen molar-refractivity contribution in [3.05, 3.63) is 54.6 Å². The van der Waals surface area contributed by atoms with E-state index in [-0.39, 0.29) is 9.92 Å². The molecule has 0 spiro atoms. The molecule has 0 amide bonds. The van der Waals surface area contributed by atoms with E-state index < -0.39 is 9.84 Å². The summed E-state index contributed by atoms with van der Waals surface area (Å²) < 4.78 is 31.5. The van der Waals surface area contributed by atoms with Crippen LogP contribution in [-0.2, 0) is 9.84 Å². The lowest BCUT2D eigenvalue weighted by molar-refractivity contribution is 0.312. The van der Waals surface area contributed by atoms with Gasteiger partial charge in [-0.3, -0.25) is 0 Å². The number of fused-ring (bicyclic) bond motifs is 1. The van der Waals surface area contributed by atoms with Gasteiger partial charge in [0, 0.05) is 5.39 Å². The van der Waals surface area contributed by atoms with E-state index in [1.165, 1.54) is 0 Å². The minimum absolute atomic E-state index is 0.119. The second-order valence-corrected chi connectivity index (χ2v) is 6.88. The van der Waals surface area contributed by atoms with Crippen LogP contribution in [-0.4, -0.2) is 20.0 Å². The van der Waals surface area contributed by atoms with Gasteiger partial charge in [0.1, 0.15) is 0 Å². The van der Waals surface area contributed by atoms with Gasteiger partial charge in [0.2, 0.25) is 9.84 Å². The van der Waals surface area contributed by atoms with Crippen LogP contribution in [0.2, 0.25) is 0 Å². The van der Waals surface area contributed by atoms with Crippen molar-refractivity contribution >= 4 is 20.7 Å². The number of hydrogen-bond donors (Lipinski definition) is 1. The van der Waals surface area contributed by atoms with E-state index in [1.807, 2.05) is 31.2 Å². The van der Waals surface area contributed by atoms with Crippen molar-refractivity contribution in [2.24, 2.45) is 0 Å². The highest BCUT2D eigenvalue weighted by Gasteiger charge is 2.26. The van der Waals surface area contributed by atoms with E-state index in [4.69, 9.17) is 4.74 Å². The number of nitrogens with one attached hydrogen (secondary N) is 1. The van der Waals surface area contributed by atoms with Crippen molar-refractivity contribution < 1.29 is 13.2 Å². The second-order valence-electron chi connectivity index (χ2n) is 4.99. The molecular formula is C17H17NO3S. The summed E-state index contributed by atoms with van der Waals surface area (Å²) in [4.78, 5) is 3.25. The highest BCUT2D eigenvalue weighted by Crippen LogP contribution is 2.36. The first-order chi connectivity index (χ1) is 10.6. The quantitative estimate of drug-likeness (QED) is 0.779. The summed E-state index contributed by atoms with van der Waals surface area (Å²) in [6.07, 6.45) is 0.810. The van der Waals surface area contributed by atoms with E-state index in [0.29, 0.717) is 12.4 Å². The molecule has 0 saturated carbocycles. The van der Waals surface area contributed by atoms with Crippen LogP contribution in [0.4, 0.5) is 0 Å². The Hall–Kier alpha value is -2.27. The summed E-state index contributed by atoms with van der Waals surface area (Å²) in [6, 6.07) is 15.8. The van der Waals surface area contributed by atoms with E-state index in [0.717, 1.165) is 17.3 Å². The Balaban J connectivity index is 2.21. The van der Waals surface area contributed by atoms with Crippen molar-refractivity contribution in [3.63, 3.8) is 0 Å². The normalized spacial score (nSPS) is 11.7. The van der Waals surface area contributed by atoms with Gasteiger partial charge in [-0.15, -0.1) is 0 Å². The number of para-hydroxylation sites is 1. The van der Waals surface area contributed by atoms with Crippen LogP contribution in [0.25, 0.3) is 10.9 Å². The molecule has 0 bridgehead atoms. The molecule has 1 N–H and O–H groups in total. The molecule has 2 aromatic carbocycles. The predicted octanol–water partition coefficient (Wildman–Crippen LogP) is 3.79. The summed E-state index contributed by atoms with van der Waals surface area (Å²) in [5.74, 6) is 0.404. The van der Waals surface area contributed by atoms with Gasteiger partial charge in [0.15, 0.2) is 10.8 Å². The van der Waals surface area contributed by atoms with E-state index in [9.17, 15) is 8.42 Å². The molecule has 1 heterocycles. The smallest absolute Gasteiger partial charge is 0.225 e. The number of rotatable bonds is 5. The van der Waals surface area contributed by atoms with Gasteiger partial charge in [0.05, 0.1) is 17.0 Å². The van der Waals surface area contributed by atoms with Crippen molar-refractivity contribution in [1.82, 2.24) is 4.98 Å². The minimum atomic E-state index is -3.64. The maximum absolute atomic E-state index is 12.9. The van der Waals surface area contributed by atoms with Crippen molar-refractivity contribution in [2.75, 3.05) is 6.61 Å². The summed E-state index contributed by atoms with van der Waals surface area (Å²) in [5.41, 5.74) is 0.753. The lowest BCUT2D eigenvalue weighted by atomic mass is 10.2. The zero-order chi connectivity index (χ0) is 15.6. The molecule has 0 atom stereocenters. The van der Waals surface area contributed by atoms with Crippen LogP contribution in [0, 0.1) is 0 Å². The molecular weight excluding hydrogens is 298 g/mol. The Morgan fingerprint density at radius 2 is 1.68 bits per heavy atom. The van der Waals surface area contributed by atoms with E-state index in [2.05, 4.69) is 4.98 Å². The average molecular weight is 315 g/mol. The maximum atomic E-state index is 12.9. The average Bonchev–Trinajstić information content (AvgIpc) is 2.93. The lowest BCUT2D eigenvalue weighted by Gasteiger charge is -2.08. The number of hydrogen-bond acceptors (Lipinski definition) is 3. The third-order valence-corrected chi connectivity index (χ3v) is 5.12. The predicted molar refractivity (Wildman–Crippen MR) is 86.0 cm³/mol. The topological polar surface area (TPSA) is 59.2 Å². The number of H-pyrrole nitrogens is 1. The number of ether oxygens (including phenoxy) is 1. The largest absolute Gasteiger partial charge is 0.490 e.